The highest BCUT2D eigenvalue weighted by Gasteiger charge is 2.23. The molecule has 0 aromatic heterocycles. The molecule has 1 aliphatic carbocycles. The number of benzene rings is 1. The number of rotatable bonds is 6. The molecule has 1 aromatic carbocycles. The summed E-state index contributed by atoms with van der Waals surface area (Å²) in [4.78, 5) is 0. The monoisotopic (exact) mass is 259 g/mol. The van der Waals surface area contributed by atoms with Crippen molar-refractivity contribution in [2.75, 3.05) is 6.54 Å². The second-order valence-corrected chi connectivity index (χ2v) is 6.13. The van der Waals surface area contributed by atoms with E-state index in [9.17, 15) is 0 Å². The summed E-state index contributed by atoms with van der Waals surface area (Å²) in [5, 5.41) is 3.80. The average Bonchev–Trinajstić information content (AvgIpc) is 2.86. The fourth-order valence-corrected chi connectivity index (χ4v) is 3.30. The zero-order chi connectivity index (χ0) is 13.7. The average molecular weight is 259 g/mol. The second kappa shape index (κ2) is 7.09. The molecule has 1 nitrogen and oxygen atoms in total. The summed E-state index contributed by atoms with van der Waals surface area (Å²) in [6.45, 7) is 8.10. The standard InChI is InChI=1S/C18H29N/c1-4-15-9-11-16(12-10-15)18(5-2)19-13-17-8-6-7-14(17)3/h9-12,14,17-19H,4-8,13H2,1-3H3. The molecular formula is C18H29N. The maximum absolute atomic E-state index is 3.80. The molecule has 1 aromatic rings. The van der Waals surface area contributed by atoms with Crippen molar-refractivity contribution in [2.45, 2.75) is 58.9 Å². The first-order chi connectivity index (χ1) is 9.24. The van der Waals surface area contributed by atoms with E-state index in [4.69, 9.17) is 0 Å². The van der Waals surface area contributed by atoms with Gasteiger partial charge in [0.05, 0.1) is 0 Å². The number of hydrogen-bond acceptors (Lipinski definition) is 1. The van der Waals surface area contributed by atoms with Gasteiger partial charge in [-0.1, -0.05) is 57.9 Å². The van der Waals surface area contributed by atoms with E-state index in [1.165, 1.54) is 43.4 Å². The van der Waals surface area contributed by atoms with Gasteiger partial charge in [-0.05, 0) is 48.8 Å². The van der Waals surface area contributed by atoms with Gasteiger partial charge in [0, 0.05) is 6.04 Å². The highest BCUT2D eigenvalue weighted by atomic mass is 14.9. The normalized spacial score (nSPS) is 24.6. The van der Waals surface area contributed by atoms with Crippen molar-refractivity contribution in [2.24, 2.45) is 11.8 Å². The molecule has 3 unspecified atom stereocenters. The van der Waals surface area contributed by atoms with Gasteiger partial charge in [-0.3, -0.25) is 0 Å². The van der Waals surface area contributed by atoms with Crippen LogP contribution in [0.1, 0.15) is 63.6 Å². The van der Waals surface area contributed by atoms with Gasteiger partial charge in [0.1, 0.15) is 0 Å². The van der Waals surface area contributed by atoms with Crippen molar-refractivity contribution < 1.29 is 0 Å². The Hall–Kier alpha value is -0.820. The zero-order valence-electron chi connectivity index (χ0n) is 12.8. The molecule has 0 radical (unpaired) electrons. The summed E-state index contributed by atoms with van der Waals surface area (Å²) in [7, 11) is 0. The van der Waals surface area contributed by atoms with Crippen LogP contribution in [0.5, 0.6) is 0 Å². The molecule has 0 amide bonds. The van der Waals surface area contributed by atoms with Gasteiger partial charge in [0.2, 0.25) is 0 Å². The predicted octanol–water partition coefficient (Wildman–Crippen LogP) is 4.73. The Morgan fingerprint density at radius 1 is 1.16 bits per heavy atom. The van der Waals surface area contributed by atoms with Crippen LogP contribution < -0.4 is 5.32 Å². The molecule has 0 spiro atoms. The molecule has 1 fully saturated rings. The van der Waals surface area contributed by atoms with Gasteiger partial charge in [-0.2, -0.15) is 0 Å². The maximum Gasteiger partial charge on any atom is 0.0317 e. The third kappa shape index (κ3) is 3.82. The lowest BCUT2D eigenvalue weighted by Gasteiger charge is -2.22. The van der Waals surface area contributed by atoms with E-state index < -0.39 is 0 Å². The topological polar surface area (TPSA) is 12.0 Å². The van der Waals surface area contributed by atoms with Crippen LogP contribution in [0.2, 0.25) is 0 Å². The zero-order valence-corrected chi connectivity index (χ0v) is 12.8. The predicted molar refractivity (Wildman–Crippen MR) is 83.4 cm³/mol. The molecular weight excluding hydrogens is 230 g/mol. The molecule has 106 valence electrons. The van der Waals surface area contributed by atoms with Gasteiger partial charge in [0.15, 0.2) is 0 Å². The van der Waals surface area contributed by atoms with Gasteiger partial charge in [-0.25, -0.2) is 0 Å². The number of hydrogen-bond donors (Lipinski definition) is 1. The van der Waals surface area contributed by atoms with Crippen LogP contribution in [0.15, 0.2) is 24.3 Å². The van der Waals surface area contributed by atoms with Crippen LogP contribution in [0, 0.1) is 11.8 Å². The van der Waals surface area contributed by atoms with Gasteiger partial charge in [0.25, 0.3) is 0 Å². The highest BCUT2D eigenvalue weighted by molar-refractivity contribution is 5.25. The van der Waals surface area contributed by atoms with E-state index >= 15 is 0 Å². The van der Waals surface area contributed by atoms with Crippen LogP contribution in [0.3, 0.4) is 0 Å². The van der Waals surface area contributed by atoms with Crippen LogP contribution in [0.25, 0.3) is 0 Å². The minimum Gasteiger partial charge on any atom is -0.310 e. The Balaban J connectivity index is 1.91. The lowest BCUT2D eigenvalue weighted by atomic mass is 9.96. The summed E-state index contributed by atoms with van der Waals surface area (Å²) < 4.78 is 0. The third-order valence-corrected chi connectivity index (χ3v) is 4.86. The Labute approximate surface area is 118 Å². The Morgan fingerprint density at radius 3 is 2.42 bits per heavy atom. The van der Waals surface area contributed by atoms with Crippen LogP contribution in [-0.2, 0) is 6.42 Å². The minimum absolute atomic E-state index is 0.527. The summed E-state index contributed by atoms with van der Waals surface area (Å²) in [5.41, 5.74) is 2.88. The van der Waals surface area contributed by atoms with E-state index in [1.54, 1.807) is 0 Å². The summed E-state index contributed by atoms with van der Waals surface area (Å²) in [6.07, 6.45) is 6.57. The van der Waals surface area contributed by atoms with Crippen molar-refractivity contribution >= 4 is 0 Å². The van der Waals surface area contributed by atoms with Gasteiger partial charge >= 0.3 is 0 Å². The lowest BCUT2D eigenvalue weighted by Crippen LogP contribution is -2.28. The van der Waals surface area contributed by atoms with E-state index in [2.05, 4.69) is 50.4 Å². The summed E-state index contributed by atoms with van der Waals surface area (Å²) in [5.74, 6) is 1.80. The Kier molecular flexibility index (Phi) is 5.45. The van der Waals surface area contributed by atoms with E-state index in [0.717, 1.165) is 18.3 Å². The number of nitrogens with one attached hydrogen (secondary N) is 1. The first kappa shape index (κ1) is 14.6. The molecule has 0 aliphatic heterocycles. The largest absolute Gasteiger partial charge is 0.310 e. The summed E-state index contributed by atoms with van der Waals surface area (Å²) in [6, 6.07) is 9.69. The molecule has 1 aliphatic rings. The van der Waals surface area contributed by atoms with Crippen LogP contribution in [-0.4, -0.2) is 6.54 Å². The molecule has 3 atom stereocenters. The van der Waals surface area contributed by atoms with Gasteiger partial charge < -0.3 is 5.32 Å². The smallest absolute Gasteiger partial charge is 0.0317 e. The van der Waals surface area contributed by atoms with E-state index in [0.29, 0.717) is 6.04 Å². The molecule has 19 heavy (non-hydrogen) atoms. The van der Waals surface area contributed by atoms with Gasteiger partial charge in [-0.15, -0.1) is 0 Å². The molecule has 1 saturated carbocycles. The Morgan fingerprint density at radius 2 is 1.89 bits per heavy atom. The van der Waals surface area contributed by atoms with Crippen molar-refractivity contribution in [3.8, 4) is 0 Å². The molecule has 0 bridgehead atoms. The maximum atomic E-state index is 3.80. The highest BCUT2D eigenvalue weighted by Crippen LogP contribution is 2.31. The van der Waals surface area contributed by atoms with Crippen LogP contribution in [0.4, 0.5) is 0 Å². The van der Waals surface area contributed by atoms with Crippen molar-refractivity contribution in [3.05, 3.63) is 35.4 Å². The van der Waals surface area contributed by atoms with Crippen LogP contribution >= 0.6 is 0 Å². The Bertz CT molecular complexity index is 368. The number of aryl methyl sites for hydroxylation is 1. The van der Waals surface area contributed by atoms with Crippen molar-refractivity contribution in [1.82, 2.24) is 5.32 Å². The minimum atomic E-state index is 0.527. The fraction of sp³-hybridized carbons (Fsp3) is 0.667. The quantitative estimate of drug-likeness (QED) is 0.779. The third-order valence-electron chi connectivity index (χ3n) is 4.86. The molecule has 2 rings (SSSR count). The lowest BCUT2D eigenvalue weighted by molar-refractivity contribution is 0.365. The fourth-order valence-electron chi connectivity index (χ4n) is 3.30. The first-order valence-electron chi connectivity index (χ1n) is 8.06. The summed E-state index contributed by atoms with van der Waals surface area (Å²) >= 11 is 0. The first-order valence-corrected chi connectivity index (χ1v) is 8.06. The SMILES string of the molecule is CCc1ccc(C(CC)NCC2CCCC2C)cc1. The van der Waals surface area contributed by atoms with Crippen molar-refractivity contribution in [3.63, 3.8) is 0 Å². The van der Waals surface area contributed by atoms with E-state index in [-0.39, 0.29) is 0 Å². The molecule has 0 heterocycles. The molecule has 1 N–H and O–H groups in total. The molecule has 1 heteroatoms. The second-order valence-electron chi connectivity index (χ2n) is 6.13. The van der Waals surface area contributed by atoms with E-state index in [1.807, 2.05) is 0 Å². The molecule has 0 saturated heterocycles. The van der Waals surface area contributed by atoms with Crippen molar-refractivity contribution in [1.29, 1.82) is 0 Å².